The molecule has 0 saturated carbocycles. The third kappa shape index (κ3) is 2.97. The number of ether oxygens (including phenoxy) is 2. The Morgan fingerprint density at radius 3 is 2.81 bits per heavy atom. The summed E-state index contributed by atoms with van der Waals surface area (Å²) in [4.78, 5) is 12.5. The number of nitrogens with zero attached hydrogens (tertiary/aromatic N) is 1. The first kappa shape index (κ1) is 12.5. The summed E-state index contributed by atoms with van der Waals surface area (Å²) in [5.41, 5.74) is 0. The zero-order chi connectivity index (χ0) is 12.1. The van der Waals surface area contributed by atoms with Crippen LogP contribution in [0, 0.1) is 11.3 Å². The van der Waals surface area contributed by atoms with Crippen LogP contribution in [0.4, 0.5) is 0 Å². The maximum absolute atomic E-state index is 11.7. The van der Waals surface area contributed by atoms with Crippen LogP contribution in [0.1, 0.15) is 35.3 Å². The van der Waals surface area contributed by atoms with Crippen LogP contribution in [0.25, 0.3) is 0 Å². The van der Waals surface area contributed by atoms with Gasteiger partial charge in [0.25, 0.3) is 0 Å². The second-order valence-electron chi connectivity index (χ2n) is 3.30. The fourth-order valence-corrected chi connectivity index (χ4v) is 1.88. The Morgan fingerprint density at radius 2 is 2.31 bits per heavy atom. The molecule has 0 aromatic carbocycles. The Labute approximate surface area is 98.4 Å². The highest BCUT2D eigenvalue weighted by Gasteiger charge is 2.19. The predicted molar refractivity (Wildman–Crippen MR) is 60.8 cm³/mol. The van der Waals surface area contributed by atoms with E-state index >= 15 is 0 Å². The number of carbonyl (C=O) groups is 1. The zero-order valence-corrected chi connectivity index (χ0v) is 10.3. The summed E-state index contributed by atoms with van der Waals surface area (Å²) in [6.07, 6.45) is -0.186. The lowest BCUT2D eigenvalue weighted by atomic mass is 10.4. The molecule has 0 saturated heterocycles. The second kappa shape index (κ2) is 5.52. The van der Waals surface area contributed by atoms with Crippen molar-refractivity contribution in [3.63, 3.8) is 0 Å². The maximum atomic E-state index is 11.7. The molecule has 0 fully saturated rings. The molecule has 0 spiro atoms. The fraction of sp³-hybridized carbons (Fsp3) is 0.455. The standard InChI is InChI=1S/C11H13NO3S/c1-4-14-9-5-8(6-12)16-10(9)11(13)15-7(2)3/h5,7H,4H2,1-3H3. The minimum Gasteiger partial charge on any atom is -0.492 e. The lowest BCUT2D eigenvalue weighted by Crippen LogP contribution is -2.11. The van der Waals surface area contributed by atoms with Crippen LogP contribution in [0.3, 0.4) is 0 Å². The highest BCUT2D eigenvalue weighted by Crippen LogP contribution is 2.30. The monoisotopic (exact) mass is 239 g/mol. The van der Waals surface area contributed by atoms with Crippen molar-refractivity contribution >= 4 is 17.3 Å². The van der Waals surface area contributed by atoms with Gasteiger partial charge in [-0.2, -0.15) is 5.26 Å². The first-order valence-electron chi connectivity index (χ1n) is 4.96. The summed E-state index contributed by atoms with van der Waals surface area (Å²) in [7, 11) is 0. The number of thiophene rings is 1. The normalized spacial score (nSPS) is 9.94. The van der Waals surface area contributed by atoms with Gasteiger partial charge in [-0.3, -0.25) is 0 Å². The van der Waals surface area contributed by atoms with Gasteiger partial charge in [-0.25, -0.2) is 4.79 Å². The van der Waals surface area contributed by atoms with E-state index in [0.717, 1.165) is 11.3 Å². The second-order valence-corrected chi connectivity index (χ2v) is 4.36. The van der Waals surface area contributed by atoms with Crippen molar-refractivity contribution in [2.45, 2.75) is 26.9 Å². The summed E-state index contributed by atoms with van der Waals surface area (Å²) in [6.45, 7) is 5.82. The maximum Gasteiger partial charge on any atom is 0.352 e. The zero-order valence-electron chi connectivity index (χ0n) is 9.44. The van der Waals surface area contributed by atoms with E-state index < -0.39 is 5.97 Å². The average molecular weight is 239 g/mol. The smallest absolute Gasteiger partial charge is 0.352 e. The molecule has 0 bridgehead atoms. The van der Waals surface area contributed by atoms with Gasteiger partial charge in [0.1, 0.15) is 16.7 Å². The van der Waals surface area contributed by atoms with Crippen molar-refractivity contribution < 1.29 is 14.3 Å². The van der Waals surface area contributed by atoms with E-state index in [1.54, 1.807) is 19.9 Å². The summed E-state index contributed by atoms with van der Waals surface area (Å²) >= 11 is 1.09. The molecule has 0 unspecified atom stereocenters. The van der Waals surface area contributed by atoms with E-state index in [1.165, 1.54) is 0 Å². The molecule has 0 radical (unpaired) electrons. The Balaban J connectivity index is 2.97. The van der Waals surface area contributed by atoms with Crippen LogP contribution in [-0.2, 0) is 4.74 Å². The topological polar surface area (TPSA) is 59.3 Å². The van der Waals surface area contributed by atoms with Crippen LogP contribution < -0.4 is 4.74 Å². The minimum atomic E-state index is -0.440. The number of nitriles is 1. The van der Waals surface area contributed by atoms with Crippen molar-refractivity contribution in [3.8, 4) is 11.8 Å². The summed E-state index contributed by atoms with van der Waals surface area (Å²) in [5.74, 6) is -0.0142. The Kier molecular flexibility index (Phi) is 4.32. The number of hydrogen-bond acceptors (Lipinski definition) is 5. The van der Waals surface area contributed by atoms with Crippen LogP contribution >= 0.6 is 11.3 Å². The van der Waals surface area contributed by atoms with Gasteiger partial charge >= 0.3 is 5.97 Å². The lowest BCUT2D eigenvalue weighted by molar-refractivity contribution is 0.0380. The number of rotatable bonds is 4. The van der Waals surface area contributed by atoms with E-state index in [1.807, 2.05) is 13.0 Å². The number of esters is 1. The van der Waals surface area contributed by atoms with Crippen molar-refractivity contribution in [2.75, 3.05) is 6.61 Å². The molecule has 0 aliphatic heterocycles. The van der Waals surface area contributed by atoms with Crippen LogP contribution in [-0.4, -0.2) is 18.7 Å². The van der Waals surface area contributed by atoms with Crippen LogP contribution in [0.2, 0.25) is 0 Å². The van der Waals surface area contributed by atoms with Gasteiger partial charge in [0, 0.05) is 6.07 Å². The van der Waals surface area contributed by atoms with E-state index in [-0.39, 0.29) is 6.10 Å². The number of carbonyl (C=O) groups excluding carboxylic acids is 1. The summed E-state index contributed by atoms with van der Waals surface area (Å²) in [5, 5.41) is 8.76. The third-order valence-electron chi connectivity index (χ3n) is 1.64. The Morgan fingerprint density at radius 1 is 1.62 bits per heavy atom. The quantitative estimate of drug-likeness (QED) is 0.758. The highest BCUT2D eigenvalue weighted by molar-refractivity contribution is 7.14. The van der Waals surface area contributed by atoms with Crippen LogP contribution in [0.5, 0.6) is 5.75 Å². The van der Waals surface area contributed by atoms with Gasteiger partial charge in [0.2, 0.25) is 0 Å². The minimum absolute atomic E-state index is 0.186. The molecule has 1 aromatic rings. The molecule has 5 heteroatoms. The largest absolute Gasteiger partial charge is 0.492 e. The molecule has 4 nitrogen and oxygen atoms in total. The fourth-order valence-electron chi connectivity index (χ4n) is 1.10. The SMILES string of the molecule is CCOc1cc(C#N)sc1C(=O)OC(C)C. The van der Waals surface area contributed by atoms with Gasteiger partial charge < -0.3 is 9.47 Å². The molecule has 1 heterocycles. The van der Waals surface area contributed by atoms with Gasteiger partial charge in [0.05, 0.1) is 12.7 Å². The molecule has 1 aromatic heterocycles. The van der Waals surface area contributed by atoms with Crippen molar-refractivity contribution in [3.05, 3.63) is 15.8 Å². The molecular weight excluding hydrogens is 226 g/mol. The van der Waals surface area contributed by atoms with E-state index in [0.29, 0.717) is 22.1 Å². The molecule has 0 aliphatic rings. The van der Waals surface area contributed by atoms with Gasteiger partial charge in [-0.1, -0.05) is 0 Å². The molecule has 1 rings (SSSR count). The van der Waals surface area contributed by atoms with Crippen molar-refractivity contribution in [2.24, 2.45) is 0 Å². The van der Waals surface area contributed by atoms with Crippen LogP contribution in [0.15, 0.2) is 6.07 Å². The van der Waals surface area contributed by atoms with E-state index in [9.17, 15) is 4.79 Å². The predicted octanol–water partition coefficient (Wildman–Crippen LogP) is 2.58. The summed E-state index contributed by atoms with van der Waals surface area (Å²) < 4.78 is 10.3. The third-order valence-corrected chi connectivity index (χ3v) is 2.64. The first-order chi connectivity index (χ1) is 7.58. The molecule has 86 valence electrons. The average Bonchev–Trinajstić information content (AvgIpc) is 2.61. The van der Waals surface area contributed by atoms with Crippen molar-refractivity contribution in [1.82, 2.24) is 0 Å². The Hall–Kier alpha value is -1.54. The first-order valence-corrected chi connectivity index (χ1v) is 5.77. The highest BCUT2D eigenvalue weighted by atomic mass is 32.1. The Bertz CT molecular complexity index is 417. The van der Waals surface area contributed by atoms with Gasteiger partial charge in [0.15, 0.2) is 4.88 Å². The van der Waals surface area contributed by atoms with E-state index in [4.69, 9.17) is 14.7 Å². The molecular formula is C11H13NO3S. The van der Waals surface area contributed by atoms with Gasteiger partial charge in [-0.15, -0.1) is 11.3 Å². The van der Waals surface area contributed by atoms with Gasteiger partial charge in [-0.05, 0) is 20.8 Å². The molecule has 16 heavy (non-hydrogen) atoms. The molecule has 0 N–H and O–H groups in total. The van der Waals surface area contributed by atoms with Crippen molar-refractivity contribution in [1.29, 1.82) is 5.26 Å². The van der Waals surface area contributed by atoms with E-state index in [2.05, 4.69) is 0 Å². The molecule has 0 aliphatic carbocycles. The summed E-state index contributed by atoms with van der Waals surface area (Å²) in [6, 6.07) is 3.55. The molecule has 0 amide bonds. The molecule has 0 atom stereocenters. The number of hydrogen-bond donors (Lipinski definition) is 0. The lowest BCUT2D eigenvalue weighted by Gasteiger charge is -2.08.